The number of fused-ring (bicyclic) bond motifs is 1. The van der Waals surface area contributed by atoms with E-state index in [4.69, 9.17) is 23.2 Å². The Labute approximate surface area is 178 Å². The molecule has 0 spiro atoms. The molecule has 1 heterocycles. The van der Waals surface area contributed by atoms with Crippen LogP contribution in [0.15, 0.2) is 72.8 Å². The Balaban J connectivity index is 1.69. The third-order valence-electron chi connectivity index (χ3n) is 5.08. The van der Waals surface area contributed by atoms with Crippen molar-refractivity contribution in [1.29, 1.82) is 0 Å². The molecule has 0 saturated carbocycles. The van der Waals surface area contributed by atoms with Gasteiger partial charge in [-0.1, -0.05) is 65.7 Å². The first-order chi connectivity index (χ1) is 13.9. The predicted octanol–water partition coefficient (Wildman–Crippen LogP) is 5.00. The van der Waals surface area contributed by atoms with E-state index in [0.717, 1.165) is 5.56 Å². The molecule has 4 nitrogen and oxygen atoms in total. The minimum atomic E-state index is -1.95. The number of Topliss-reactive ketones (excluding diaryl/α,β-unsaturated/α-hetero) is 1. The van der Waals surface area contributed by atoms with E-state index < -0.39 is 17.3 Å². The van der Waals surface area contributed by atoms with E-state index >= 15 is 0 Å². The molecule has 4 rings (SSSR count). The van der Waals surface area contributed by atoms with Gasteiger partial charge in [-0.3, -0.25) is 9.59 Å². The SMILES string of the molecule is O=C(CC1(O)C(=O)N(Cc2ccc(Cl)cc2)c2ccccc21)c1ccccc1Cl. The van der Waals surface area contributed by atoms with Crippen LogP contribution in [0.1, 0.15) is 27.9 Å². The fourth-order valence-corrected chi connectivity index (χ4v) is 3.99. The quantitative estimate of drug-likeness (QED) is 0.585. The highest BCUT2D eigenvalue weighted by molar-refractivity contribution is 6.34. The smallest absolute Gasteiger partial charge is 0.264 e. The van der Waals surface area contributed by atoms with E-state index in [1.807, 2.05) is 12.1 Å². The Morgan fingerprint density at radius 1 is 0.931 bits per heavy atom. The lowest BCUT2D eigenvalue weighted by Crippen LogP contribution is -2.41. The number of para-hydroxylation sites is 1. The predicted molar refractivity (Wildman–Crippen MR) is 113 cm³/mol. The number of ketones is 1. The van der Waals surface area contributed by atoms with Crippen molar-refractivity contribution < 1.29 is 14.7 Å². The number of carbonyl (C=O) groups excluding carboxylic acids is 2. The van der Waals surface area contributed by atoms with Crippen LogP contribution in [0.2, 0.25) is 10.0 Å². The molecule has 3 aromatic carbocycles. The highest BCUT2D eigenvalue weighted by Gasteiger charge is 2.50. The van der Waals surface area contributed by atoms with Gasteiger partial charge in [0.25, 0.3) is 5.91 Å². The van der Waals surface area contributed by atoms with E-state index in [9.17, 15) is 14.7 Å². The third-order valence-corrected chi connectivity index (χ3v) is 5.67. The van der Waals surface area contributed by atoms with E-state index in [1.54, 1.807) is 60.7 Å². The number of benzene rings is 3. The minimum Gasteiger partial charge on any atom is -0.375 e. The van der Waals surface area contributed by atoms with Gasteiger partial charge in [-0.25, -0.2) is 0 Å². The summed E-state index contributed by atoms with van der Waals surface area (Å²) in [5, 5.41) is 12.2. The molecule has 1 amide bonds. The number of hydrogen-bond donors (Lipinski definition) is 1. The summed E-state index contributed by atoms with van der Waals surface area (Å²) in [4.78, 5) is 27.6. The van der Waals surface area contributed by atoms with Gasteiger partial charge in [-0.2, -0.15) is 0 Å². The van der Waals surface area contributed by atoms with E-state index in [0.29, 0.717) is 16.3 Å². The molecule has 1 atom stereocenters. The molecule has 3 aromatic rings. The van der Waals surface area contributed by atoms with Crippen LogP contribution in [0.25, 0.3) is 0 Å². The van der Waals surface area contributed by atoms with Gasteiger partial charge in [0.1, 0.15) is 0 Å². The summed E-state index contributed by atoms with van der Waals surface area (Å²) in [6.45, 7) is 0.260. The molecule has 0 radical (unpaired) electrons. The van der Waals surface area contributed by atoms with Gasteiger partial charge in [0.15, 0.2) is 11.4 Å². The van der Waals surface area contributed by atoms with Crippen molar-refractivity contribution >= 4 is 40.6 Å². The fourth-order valence-electron chi connectivity index (χ4n) is 3.62. The summed E-state index contributed by atoms with van der Waals surface area (Å²) >= 11 is 12.1. The van der Waals surface area contributed by atoms with Crippen LogP contribution in [0.5, 0.6) is 0 Å². The van der Waals surface area contributed by atoms with Crippen molar-refractivity contribution in [3.05, 3.63) is 99.5 Å². The highest BCUT2D eigenvalue weighted by atomic mass is 35.5. The van der Waals surface area contributed by atoms with Crippen LogP contribution < -0.4 is 4.90 Å². The molecule has 1 aliphatic heterocycles. The molecular weight excluding hydrogens is 409 g/mol. The molecule has 0 bridgehead atoms. The van der Waals surface area contributed by atoms with Crippen molar-refractivity contribution in [3.63, 3.8) is 0 Å². The summed E-state index contributed by atoms with van der Waals surface area (Å²) < 4.78 is 0. The molecule has 0 saturated heterocycles. The van der Waals surface area contributed by atoms with Crippen molar-refractivity contribution in [1.82, 2.24) is 0 Å². The third kappa shape index (κ3) is 3.55. The Hall–Kier alpha value is -2.66. The Bertz CT molecular complexity index is 1100. The van der Waals surface area contributed by atoms with Crippen LogP contribution in [0.3, 0.4) is 0 Å². The molecule has 0 aromatic heterocycles. The van der Waals surface area contributed by atoms with Crippen LogP contribution in [0.4, 0.5) is 5.69 Å². The summed E-state index contributed by atoms with van der Waals surface area (Å²) in [7, 11) is 0. The number of carbonyl (C=O) groups is 2. The molecule has 29 heavy (non-hydrogen) atoms. The number of nitrogens with zero attached hydrogens (tertiary/aromatic N) is 1. The van der Waals surface area contributed by atoms with Crippen molar-refractivity contribution in [2.45, 2.75) is 18.6 Å². The second-order valence-corrected chi connectivity index (χ2v) is 7.82. The zero-order valence-corrected chi connectivity index (χ0v) is 16.8. The molecule has 146 valence electrons. The van der Waals surface area contributed by atoms with Gasteiger partial charge >= 0.3 is 0 Å². The summed E-state index contributed by atoms with van der Waals surface area (Å²) in [6, 6.07) is 20.7. The summed E-state index contributed by atoms with van der Waals surface area (Å²) in [5.41, 5.74) is 0.198. The first-order valence-corrected chi connectivity index (χ1v) is 9.82. The van der Waals surface area contributed by atoms with Gasteiger partial charge in [0, 0.05) is 16.1 Å². The first-order valence-electron chi connectivity index (χ1n) is 9.06. The Kier molecular flexibility index (Phi) is 5.17. The van der Waals surface area contributed by atoms with Crippen molar-refractivity contribution in [3.8, 4) is 0 Å². The zero-order valence-electron chi connectivity index (χ0n) is 15.3. The van der Waals surface area contributed by atoms with E-state index in [1.165, 1.54) is 4.90 Å². The molecule has 0 fully saturated rings. The van der Waals surface area contributed by atoms with E-state index in [-0.39, 0.29) is 23.6 Å². The normalized spacial score (nSPS) is 18.0. The lowest BCUT2D eigenvalue weighted by atomic mass is 9.88. The maximum absolute atomic E-state index is 13.3. The molecular formula is C23H17Cl2NO3. The number of rotatable bonds is 5. The maximum Gasteiger partial charge on any atom is 0.264 e. The molecule has 0 aliphatic carbocycles. The average molecular weight is 426 g/mol. The van der Waals surface area contributed by atoms with Crippen LogP contribution in [-0.4, -0.2) is 16.8 Å². The van der Waals surface area contributed by atoms with Gasteiger partial charge < -0.3 is 10.0 Å². The lowest BCUT2D eigenvalue weighted by Gasteiger charge is -2.23. The van der Waals surface area contributed by atoms with Crippen molar-refractivity contribution in [2.24, 2.45) is 0 Å². The topological polar surface area (TPSA) is 57.6 Å². The number of anilines is 1. The first kappa shape index (κ1) is 19.6. The number of aliphatic hydroxyl groups is 1. The number of hydrogen-bond acceptors (Lipinski definition) is 3. The molecule has 1 aliphatic rings. The van der Waals surface area contributed by atoms with Gasteiger partial charge in [0.05, 0.1) is 23.7 Å². The second kappa shape index (κ2) is 7.64. The van der Waals surface area contributed by atoms with Crippen LogP contribution in [0, 0.1) is 0 Å². The van der Waals surface area contributed by atoms with Crippen LogP contribution in [-0.2, 0) is 16.9 Å². The maximum atomic E-state index is 13.3. The molecule has 1 N–H and O–H groups in total. The summed E-state index contributed by atoms with van der Waals surface area (Å²) in [5.74, 6) is -0.927. The zero-order chi connectivity index (χ0) is 20.6. The second-order valence-electron chi connectivity index (χ2n) is 6.97. The Morgan fingerprint density at radius 3 is 2.31 bits per heavy atom. The monoisotopic (exact) mass is 425 g/mol. The van der Waals surface area contributed by atoms with Crippen LogP contribution >= 0.6 is 23.2 Å². The number of amides is 1. The Morgan fingerprint density at radius 2 is 1.59 bits per heavy atom. The lowest BCUT2D eigenvalue weighted by molar-refractivity contribution is -0.136. The fraction of sp³-hybridized carbons (Fsp3) is 0.130. The van der Waals surface area contributed by atoms with Gasteiger partial charge in [-0.05, 0) is 35.9 Å². The molecule has 6 heteroatoms. The van der Waals surface area contributed by atoms with Gasteiger partial charge in [0.2, 0.25) is 0 Å². The molecule has 1 unspecified atom stereocenters. The van der Waals surface area contributed by atoms with Crippen molar-refractivity contribution in [2.75, 3.05) is 4.90 Å². The van der Waals surface area contributed by atoms with Gasteiger partial charge in [-0.15, -0.1) is 0 Å². The van der Waals surface area contributed by atoms with E-state index in [2.05, 4.69) is 0 Å². The largest absolute Gasteiger partial charge is 0.375 e. The highest BCUT2D eigenvalue weighted by Crippen LogP contribution is 2.43. The number of halogens is 2. The minimum absolute atomic E-state index is 0.260. The average Bonchev–Trinajstić information content (AvgIpc) is 2.92. The standard InChI is InChI=1S/C23H17Cl2NO3/c24-16-11-9-15(10-12-16)14-26-20-8-4-2-6-18(20)23(29,22(26)28)13-21(27)17-5-1-3-7-19(17)25/h1-12,29H,13-14H2. The summed E-state index contributed by atoms with van der Waals surface area (Å²) in [6.07, 6.45) is -0.385.